The van der Waals surface area contributed by atoms with Gasteiger partial charge in [0.25, 0.3) is 10.1 Å². The first-order valence-electron chi connectivity index (χ1n) is 0.924. The summed E-state index contributed by atoms with van der Waals surface area (Å²) in [5.74, 6) is 0. The van der Waals surface area contributed by atoms with Crippen LogP contribution in [0, 0.1) is 0 Å². The summed E-state index contributed by atoms with van der Waals surface area (Å²) in [6.45, 7) is 0. The molecule has 0 rings (SSSR count). The van der Waals surface area contributed by atoms with E-state index >= 15 is 0 Å². The van der Waals surface area contributed by atoms with E-state index in [1.807, 2.05) is 0 Å². The fourth-order valence-corrected chi connectivity index (χ4v) is 0. The van der Waals surface area contributed by atoms with E-state index in [0.717, 1.165) is 0 Å². The predicted octanol–water partition coefficient (Wildman–Crippen LogP) is -0.498. The van der Waals surface area contributed by atoms with Gasteiger partial charge in [-0.1, -0.05) is 0 Å². The summed E-state index contributed by atoms with van der Waals surface area (Å²) in [6, 6.07) is 0. The first-order valence-corrected chi connectivity index (χ1v) is 2.77. The van der Waals surface area contributed by atoms with Crippen molar-refractivity contribution in [3.8, 4) is 0 Å². The summed E-state index contributed by atoms with van der Waals surface area (Å²) >= 11 is 0. The summed E-state index contributed by atoms with van der Waals surface area (Å²) in [6.07, 6.45) is 0.715. The molecule has 0 aliphatic rings. The van der Waals surface area contributed by atoms with Crippen molar-refractivity contribution in [3.63, 3.8) is 0 Å². The van der Waals surface area contributed by atoms with Gasteiger partial charge in [0.05, 0.1) is 6.26 Å². The normalized spacial score (nSPS) is 9.67. The van der Waals surface area contributed by atoms with E-state index in [-0.39, 0.29) is 16.5 Å². The van der Waals surface area contributed by atoms with Crippen molar-refractivity contribution in [3.05, 3.63) is 0 Å². The quantitative estimate of drug-likeness (QED) is 0.378. The molecule has 0 aromatic carbocycles. The van der Waals surface area contributed by atoms with E-state index in [0.29, 0.717) is 6.26 Å². The monoisotopic (exact) mass is 154 g/mol. The van der Waals surface area contributed by atoms with Gasteiger partial charge < -0.3 is 0 Å². The van der Waals surface area contributed by atoms with Gasteiger partial charge in [-0.2, -0.15) is 8.42 Å². The molecular weight excluding hydrogens is 151 g/mol. The van der Waals surface area contributed by atoms with E-state index in [1.54, 1.807) is 0 Å². The molecule has 3 nitrogen and oxygen atoms in total. The molecule has 0 saturated heterocycles. The largest absolute Gasteiger partial charge is 0.286 e. The molecule has 0 amide bonds. The molecule has 0 unspecified atom stereocenters. The summed E-state index contributed by atoms with van der Waals surface area (Å²) in [5.41, 5.74) is 0. The van der Waals surface area contributed by atoms with Crippen LogP contribution in [0.4, 0.5) is 0 Å². The van der Waals surface area contributed by atoms with Gasteiger partial charge in [0, 0.05) is 16.5 Å². The van der Waals surface area contributed by atoms with Gasteiger partial charge in [0.15, 0.2) is 0 Å². The molecule has 6 heavy (non-hydrogen) atoms. The van der Waals surface area contributed by atoms with Gasteiger partial charge in [-0.05, 0) is 0 Å². The molecule has 42 valence electrons. The summed E-state index contributed by atoms with van der Waals surface area (Å²) in [7, 11) is -3.67. The van der Waals surface area contributed by atoms with Crippen LogP contribution >= 0.6 is 0 Å². The minimum Gasteiger partial charge on any atom is -0.286 e. The van der Waals surface area contributed by atoms with Crippen LogP contribution in [-0.2, 0) is 26.6 Å². The topological polar surface area (TPSA) is 54.4 Å². The van der Waals surface area contributed by atoms with Gasteiger partial charge in [0.2, 0.25) is 0 Å². The zero-order valence-corrected chi connectivity index (χ0v) is 4.79. The Labute approximate surface area is 46.4 Å². The van der Waals surface area contributed by atoms with Crippen molar-refractivity contribution in [2.45, 2.75) is 0 Å². The first-order chi connectivity index (χ1) is 2.00. The van der Waals surface area contributed by atoms with Gasteiger partial charge >= 0.3 is 0 Å². The molecule has 0 heterocycles. The Morgan fingerprint density at radius 1 is 1.50 bits per heavy atom. The van der Waals surface area contributed by atoms with Crippen LogP contribution in [0.25, 0.3) is 0 Å². The van der Waals surface area contributed by atoms with Gasteiger partial charge in [-0.25, -0.2) is 0 Å². The predicted molar refractivity (Wildman–Crippen MR) is 17.5 cm³/mol. The van der Waals surface area contributed by atoms with Crippen LogP contribution in [0.2, 0.25) is 0 Å². The molecule has 0 aromatic rings. The number of rotatable bonds is 0. The maximum Gasteiger partial charge on any atom is 0.261 e. The van der Waals surface area contributed by atoms with Gasteiger partial charge in [-0.3, -0.25) is 4.55 Å². The third-order valence-corrected chi connectivity index (χ3v) is 0. The van der Waals surface area contributed by atoms with Crippen LogP contribution < -0.4 is 0 Å². The molecule has 0 aromatic heterocycles. The van der Waals surface area contributed by atoms with Crippen LogP contribution in [0.3, 0.4) is 0 Å². The zero-order chi connectivity index (χ0) is 4.50. The summed E-state index contributed by atoms with van der Waals surface area (Å²) in [4.78, 5) is 0. The third-order valence-electron chi connectivity index (χ3n) is 0. The third kappa shape index (κ3) is 313. The van der Waals surface area contributed by atoms with Crippen molar-refractivity contribution in [1.82, 2.24) is 0 Å². The van der Waals surface area contributed by atoms with Crippen molar-refractivity contribution in [2.75, 3.05) is 6.26 Å². The van der Waals surface area contributed by atoms with Crippen molar-refractivity contribution in [1.29, 1.82) is 0 Å². The second-order valence-electron chi connectivity index (χ2n) is 0.733. The molecule has 0 spiro atoms. The van der Waals surface area contributed by atoms with Gasteiger partial charge in [-0.15, -0.1) is 0 Å². The average molecular weight is 155 g/mol. The molecule has 5 heteroatoms. The second kappa shape index (κ2) is 2.56. The maximum atomic E-state index is 9.19. The van der Waals surface area contributed by atoms with Crippen molar-refractivity contribution < 1.29 is 29.5 Å². The Morgan fingerprint density at radius 3 is 1.50 bits per heavy atom. The standard InChI is InChI=1S/CH4O3S.Ni/c1-5(2,3)4;/h1H3,(H,2,3,4);. The summed E-state index contributed by atoms with van der Waals surface area (Å²) < 4.78 is 25.9. The molecule has 0 saturated carbocycles. The van der Waals surface area contributed by atoms with E-state index in [4.69, 9.17) is 4.55 Å². The summed E-state index contributed by atoms with van der Waals surface area (Å²) in [5, 5.41) is 0. The van der Waals surface area contributed by atoms with Crippen LogP contribution in [0.15, 0.2) is 0 Å². The van der Waals surface area contributed by atoms with E-state index < -0.39 is 10.1 Å². The number of hydrogen-bond donors (Lipinski definition) is 1. The Balaban J connectivity index is 0. The molecule has 1 N–H and O–H groups in total. The minimum atomic E-state index is -3.67. The molecule has 0 radical (unpaired) electrons. The van der Waals surface area contributed by atoms with Gasteiger partial charge in [0.1, 0.15) is 0 Å². The molecule has 0 aliphatic heterocycles. The van der Waals surface area contributed by atoms with E-state index in [9.17, 15) is 8.42 Å². The number of hydrogen-bond acceptors (Lipinski definition) is 2. The SMILES string of the molecule is CS(=O)(=O)O.[Ni]. The first kappa shape index (κ1) is 9.64. The average Bonchev–Trinajstić information content (AvgIpc) is 0.722. The maximum absolute atomic E-state index is 9.19. The minimum absolute atomic E-state index is 0. The molecule has 0 fully saturated rings. The second-order valence-corrected chi connectivity index (χ2v) is 2.20. The Hall–Kier alpha value is 0.404. The Morgan fingerprint density at radius 2 is 1.50 bits per heavy atom. The van der Waals surface area contributed by atoms with Crippen LogP contribution in [0.1, 0.15) is 0 Å². The molecule has 0 bridgehead atoms. The Kier molecular flexibility index (Phi) is 4.11. The smallest absolute Gasteiger partial charge is 0.261 e. The van der Waals surface area contributed by atoms with E-state index in [2.05, 4.69) is 0 Å². The molecule has 0 atom stereocenters. The van der Waals surface area contributed by atoms with Crippen LogP contribution in [0.5, 0.6) is 0 Å². The van der Waals surface area contributed by atoms with Crippen LogP contribution in [-0.4, -0.2) is 19.2 Å². The van der Waals surface area contributed by atoms with Crippen molar-refractivity contribution >= 4 is 10.1 Å². The fraction of sp³-hybridized carbons (Fsp3) is 1.00. The fourth-order valence-electron chi connectivity index (χ4n) is 0. The zero-order valence-electron chi connectivity index (χ0n) is 2.99. The molecular formula is CH4NiO3S. The van der Waals surface area contributed by atoms with E-state index in [1.165, 1.54) is 0 Å². The Bertz CT molecular complexity index is 94.0. The van der Waals surface area contributed by atoms with Crippen molar-refractivity contribution in [2.24, 2.45) is 0 Å². The molecule has 0 aliphatic carbocycles.